The third-order valence-corrected chi connectivity index (χ3v) is 4.67. The van der Waals surface area contributed by atoms with Crippen LogP contribution in [0.4, 0.5) is 0 Å². The van der Waals surface area contributed by atoms with Gasteiger partial charge < -0.3 is 19.9 Å². The van der Waals surface area contributed by atoms with Crippen LogP contribution in [0, 0.1) is 17.8 Å². The average molecular weight is 296 g/mol. The maximum absolute atomic E-state index is 11.8. The Morgan fingerprint density at radius 1 is 1.38 bits per heavy atom. The summed E-state index contributed by atoms with van der Waals surface area (Å²) in [4.78, 5) is 20.7. The Kier molecular flexibility index (Phi) is 5.45. The zero-order valence-corrected chi connectivity index (χ0v) is 13.6. The molecular formula is C15H28N4O2. The van der Waals surface area contributed by atoms with Gasteiger partial charge >= 0.3 is 5.97 Å². The lowest BCUT2D eigenvalue weighted by atomic mass is 9.99. The molecule has 6 nitrogen and oxygen atoms in total. The van der Waals surface area contributed by atoms with Crippen LogP contribution in [0.3, 0.4) is 0 Å². The molecule has 1 N–H and O–H groups in total. The van der Waals surface area contributed by atoms with Crippen molar-refractivity contribution in [1.29, 1.82) is 0 Å². The SMILES string of the molecule is CN=C(NCC1CCN(C)C1)N1CC(C)C(C(=O)OC)C1. The highest BCUT2D eigenvalue weighted by atomic mass is 16.5. The first-order valence-electron chi connectivity index (χ1n) is 7.77. The number of aliphatic imine (C=N–C) groups is 1. The van der Waals surface area contributed by atoms with E-state index in [9.17, 15) is 4.79 Å². The number of nitrogens with zero attached hydrogens (tertiary/aromatic N) is 3. The van der Waals surface area contributed by atoms with E-state index in [4.69, 9.17) is 4.74 Å². The fourth-order valence-electron chi connectivity index (χ4n) is 3.36. The minimum absolute atomic E-state index is 0.0498. The third-order valence-electron chi connectivity index (χ3n) is 4.67. The second-order valence-electron chi connectivity index (χ2n) is 6.36. The highest BCUT2D eigenvalue weighted by Crippen LogP contribution is 2.24. The quantitative estimate of drug-likeness (QED) is 0.460. The number of hydrogen-bond acceptors (Lipinski definition) is 4. The number of likely N-dealkylation sites (tertiary alicyclic amines) is 2. The molecule has 2 fully saturated rings. The lowest BCUT2D eigenvalue weighted by Gasteiger charge is -2.23. The van der Waals surface area contributed by atoms with E-state index in [1.54, 1.807) is 7.05 Å². The third kappa shape index (κ3) is 3.87. The minimum Gasteiger partial charge on any atom is -0.469 e. The number of hydrogen-bond donors (Lipinski definition) is 1. The molecule has 0 aromatic carbocycles. The van der Waals surface area contributed by atoms with Gasteiger partial charge in [0.1, 0.15) is 0 Å². The molecular weight excluding hydrogens is 268 g/mol. The number of carbonyl (C=O) groups excluding carboxylic acids is 1. The van der Waals surface area contributed by atoms with E-state index in [2.05, 4.69) is 34.1 Å². The monoisotopic (exact) mass is 296 g/mol. The predicted molar refractivity (Wildman–Crippen MR) is 83.2 cm³/mol. The zero-order valence-electron chi connectivity index (χ0n) is 13.6. The van der Waals surface area contributed by atoms with Crippen molar-refractivity contribution >= 4 is 11.9 Å². The number of ether oxygens (including phenoxy) is 1. The van der Waals surface area contributed by atoms with Crippen molar-refractivity contribution in [2.45, 2.75) is 13.3 Å². The lowest BCUT2D eigenvalue weighted by Crippen LogP contribution is -2.42. The summed E-state index contributed by atoms with van der Waals surface area (Å²) < 4.78 is 4.89. The fourth-order valence-corrected chi connectivity index (χ4v) is 3.36. The molecule has 6 heteroatoms. The topological polar surface area (TPSA) is 57.2 Å². The maximum atomic E-state index is 11.8. The summed E-state index contributed by atoms with van der Waals surface area (Å²) >= 11 is 0. The van der Waals surface area contributed by atoms with E-state index in [1.165, 1.54) is 20.1 Å². The molecule has 0 spiro atoms. The number of rotatable bonds is 3. The number of carbonyl (C=O) groups is 1. The van der Waals surface area contributed by atoms with E-state index in [0.29, 0.717) is 18.4 Å². The fraction of sp³-hybridized carbons (Fsp3) is 0.867. The van der Waals surface area contributed by atoms with Gasteiger partial charge in [0.2, 0.25) is 0 Å². The molecule has 0 bridgehead atoms. The Balaban J connectivity index is 1.86. The Morgan fingerprint density at radius 3 is 2.71 bits per heavy atom. The summed E-state index contributed by atoms with van der Waals surface area (Å²) in [5.74, 6) is 1.73. The normalized spacial score (nSPS) is 30.8. The Morgan fingerprint density at radius 2 is 2.14 bits per heavy atom. The number of nitrogens with one attached hydrogen (secondary N) is 1. The van der Waals surface area contributed by atoms with Gasteiger partial charge in [-0.15, -0.1) is 0 Å². The summed E-state index contributed by atoms with van der Waals surface area (Å²) in [6, 6.07) is 0. The molecule has 3 atom stereocenters. The van der Waals surface area contributed by atoms with Crippen LogP contribution in [0.5, 0.6) is 0 Å². The molecule has 0 amide bonds. The molecule has 0 radical (unpaired) electrons. The molecule has 3 unspecified atom stereocenters. The van der Waals surface area contributed by atoms with Crippen molar-refractivity contribution in [3.63, 3.8) is 0 Å². The van der Waals surface area contributed by atoms with Crippen molar-refractivity contribution in [2.24, 2.45) is 22.7 Å². The largest absolute Gasteiger partial charge is 0.469 e. The van der Waals surface area contributed by atoms with Crippen molar-refractivity contribution < 1.29 is 9.53 Å². The van der Waals surface area contributed by atoms with Gasteiger partial charge in [-0.1, -0.05) is 6.92 Å². The van der Waals surface area contributed by atoms with E-state index in [0.717, 1.165) is 25.6 Å². The van der Waals surface area contributed by atoms with Crippen LogP contribution in [-0.4, -0.2) is 75.7 Å². The molecule has 21 heavy (non-hydrogen) atoms. The van der Waals surface area contributed by atoms with Crippen molar-refractivity contribution in [2.75, 3.05) is 53.9 Å². The molecule has 0 aromatic rings. The summed E-state index contributed by atoms with van der Waals surface area (Å²) in [6.07, 6.45) is 1.24. The Bertz CT molecular complexity index is 399. The minimum atomic E-state index is -0.113. The number of esters is 1. The standard InChI is InChI=1S/C15H28N4O2/c1-11-8-19(10-13(11)14(20)21-4)15(16-2)17-7-12-5-6-18(3)9-12/h11-13H,5-10H2,1-4H3,(H,16,17). The van der Waals surface area contributed by atoms with Crippen LogP contribution in [0.2, 0.25) is 0 Å². The summed E-state index contributed by atoms with van der Waals surface area (Å²) in [7, 11) is 5.43. The van der Waals surface area contributed by atoms with E-state index in [-0.39, 0.29) is 11.9 Å². The highest BCUT2D eigenvalue weighted by molar-refractivity contribution is 5.82. The first kappa shape index (κ1) is 16.1. The maximum Gasteiger partial charge on any atom is 0.310 e. The Labute approximate surface area is 127 Å². The van der Waals surface area contributed by atoms with Gasteiger partial charge in [-0.25, -0.2) is 0 Å². The summed E-state index contributed by atoms with van der Waals surface area (Å²) in [5.41, 5.74) is 0. The first-order valence-corrected chi connectivity index (χ1v) is 7.77. The van der Waals surface area contributed by atoms with Crippen LogP contribution in [0.25, 0.3) is 0 Å². The molecule has 2 heterocycles. The molecule has 2 rings (SSSR count). The van der Waals surface area contributed by atoms with Crippen LogP contribution in [0.1, 0.15) is 13.3 Å². The molecule has 120 valence electrons. The molecule has 0 aromatic heterocycles. The molecule has 0 aliphatic carbocycles. The smallest absolute Gasteiger partial charge is 0.310 e. The van der Waals surface area contributed by atoms with Crippen molar-refractivity contribution in [3.05, 3.63) is 0 Å². The van der Waals surface area contributed by atoms with E-state index in [1.807, 2.05) is 0 Å². The average Bonchev–Trinajstić information content (AvgIpc) is 3.05. The van der Waals surface area contributed by atoms with Gasteiger partial charge in [0.05, 0.1) is 13.0 Å². The van der Waals surface area contributed by atoms with E-state index < -0.39 is 0 Å². The molecule has 2 aliphatic rings. The van der Waals surface area contributed by atoms with Gasteiger partial charge in [0.15, 0.2) is 5.96 Å². The highest BCUT2D eigenvalue weighted by Gasteiger charge is 2.37. The summed E-state index contributed by atoms with van der Waals surface area (Å²) in [6.45, 7) is 6.91. The van der Waals surface area contributed by atoms with Gasteiger partial charge in [-0.2, -0.15) is 0 Å². The van der Waals surface area contributed by atoms with Crippen LogP contribution in [0.15, 0.2) is 4.99 Å². The van der Waals surface area contributed by atoms with Crippen molar-refractivity contribution in [1.82, 2.24) is 15.1 Å². The van der Waals surface area contributed by atoms with Gasteiger partial charge in [0, 0.05) is 33.2 Å². The molecule has 2 aliphatic heterocycles. The van der Waals surface area contributed by atoms with Gasteiger partial charge in [0.25, 0.3) is 0 Å². The Hall–Kier alpha value is -1.30. The zero-order chi connectivity index (χ0) is 15.4. The molecule has 0 saturated carbocycles. The molecule has 2 saturated heterocycles. The van der Waals surface area contributed by atoms with Gasteiger partial charge in [-0.05, 0) is 31.8 Å². The van der Waals surface area contributed by atoms with Crippen LogP contribution < -0.4 is 5.32 Å². The van der Waals surface area contributed by atoms with Crippen LogP contribution >= 0.6 is 0 Å². The summed E-state index contributed by atoms with van der Waals surface area (Å²) in [5, 5.41) is 3.47. The lowest BCUT2D eigenvalue weighted by molar-refractivity contribution is -0.145. The number of guanidine groups is 1. The van der Waals surface area contributed by atoms with Crippen molar-refractivity contribution in [3.8, 4) is 0 Å². The second-order valence-corrected chi connectivity index (χ2v) is 6.36. The first-order chi connectivity index (χ1) is 10.0. The second kappa shape index (κ2) is 7.11. The number of methoxy groups -OCH3 is 1. The van der Waals surface area contributed by atoms with Crippen LogP contribution in [-0.2, 0) is 9.53 Å². The van der Waals surface area contributed by atoms with Gasteiger partial charge in [-0.3, -0.25) is 9.79 Å². The predicted octanol–water partition coefficient (Wildman–Crippen LogP) is 0.254. The van der Waals surface area contributed by atoms with E-state index >= 15 is 0 Å².